The maximum absolute atomic E-state index is 9.91. The lowest BCUT2D eigenvalue weighted by Gasteiger charge is -2.14. The van der Waals surface area contributed by atoms with Crippen molar-refractivity contribution >= 4 is 28.2 Å². The summed E-state index contributed by atoms with van der Waals surface area (Å²) >= 11 is 0. The number of H-pyrrole nitrogens is 1. The number of para-hydroxylation sites is 2. The molecule has 0 aliphatic carbocycles. The van der Waals surface area contributed by atoms with Gasteiger partial charge in [-0.1, -0.05) is 25.5 Å². The Labute approximate surface area is 170 Å². The van der Waals surface area contributed by atoms with Gasteiger partial charge >= 0.3 is 0 Å². The van der Waals surface area contributed by atoms with Gasteiger partial charge in [-0.3, -0.25) is 10.3 Å². The van der Waals surface area contributed by atoms with Crippen molar-refractivity contribution in [3.63, 3.8) is 0 Å². The number of nitriles is 1. The van der Waals surface area contributed by atoms with Gasteiger partial charge in [0.15, 0.2) is 0 Å². The second-order valence-corrected chi connectivity index (χ2v) is 7.22. The molecule has 2 N–H and O–H groups in total. The first kappa shape index (κ1) is 18.8. The summed E-state index contributed by atoms with van der Waals surface area (Å²) in [6.45, 7) is 4.24. The molecule has 0 aliphatic heterocycles. The van der Waals surface area contributed by atoms with E-state index in [0.29, 0.717) is 5.56 Å². The number of pyridine rings is 1. The molecule has 5 heteroatoms. The van der Waals surface area contributed by atoms with E-state index in [9.17, 15) is 5.26 Å². The maximum atomic E-state index is 9.91. The van der Waals surface area contributed by atoms with Crippen LogP contribution in [0.5, 0.6) is 5.75 Å². The van der Waals surface area contributed by atoms with Gasteiger partial charge in [0.1, 0.15) is 28.4 Å². The number of ether oxygens (including phenoxy) is 1. The van der Waals surface area contributed by atoms with Crippen LogP contribution in [0.4, 0.5) is 11.5 Å². The number of hydrogen-bond acceptors (Lipinski definition) is 3. The minimum Gasteiger partial charge on any atom is -0.497 e. The molecule has 0 fully saturated rings. The molecule has 0 saturated heterocycles. The van der Waals surface area contributed by atoms with Crippen molar-refractivity contribution < 1.29 is 9.14 Å². The molecule has 29 heavy (non-hydrogen) atoms. The molecular formula is C24H25N4O+. The van der Waals surface area contributed by atoms with E-state index in [4.69, 9.17) is 4.74 Å². The topological polar surface area (TPSA) is 64.9 Å². The molecule has 146 valence electrons. The SMILES string of the molecule is CCCCc1c(C)c(C#N)c2[nH]c3ccccc3[n+]2c1Nc1ccc(OC)cc1. The summed E-state index contributed by atoms with van der Waals surface area (Å²) in [5.41, 5.74) is 6.77. The van der Waals surface area contributed by atoms with Crippen molar-refractivity contribution in [3.8, 4) is 11.8 Å². The lowest BCUT2D eigenvalue weighted by atomic mass is 9.99. The van der Waals surface area contributed by atoms with Gasteiger partial charge in [0.2, 0.25) is 11.5 Å². The number of benzene rings is 2. The Morgan fingerprint density at radius 3 is 2.59 bits per heavy atom. The lowest BCUT2D eigenvalue weighted by Crippen LogP contribution is -2.28. The molecule has 0 atom stereocenters. The summed E-state index contributed by atoms with van der Waals surface area (Å²) < 4.78 is 7.44. The Bertz CT molecular complexity index is 1220. The Kier molecular flexibility index (Phi) is 5.09. The minimum absolute atomic E-state index is 0.701. The summed E-state index contributed by atoms with van der Waals surface area (Å²) in [5.74, 6) is 1.83. The van der Waals surface area contributed by atoms with E-state index < -0.39 is 0 Å². The van der Waals surface area contributed by atoms with Crippen LogP contribution in [0.3, 0.4) is 0 Å². The third-order valence-corrected chi connectivity index (χ3v) is 5.44. The van der Waals surface area contributed by atoms with Gasteiger partial charge in [-0.05, 0) is 61.7 Å². The summed E-state index contributed by atoms with van der Waals surface area (Å²) in [6.07, 6.45) is 3.08. The van der Waals surface area contributed by atoms with Gasteiger partial charge in [-0.15, -0.1) is 0 Å². The van der Waals surface area contributed by atoms with E-state index in [0.717, 1.165) is 58.8 Å². The first-order chi connectivity index (χ1) is 14.2. The highest BCUT2D eigenvalue weighted by Crippen LogP contribution is 2.29. The summed E-state index contributed by atoms with van der Waals surface area (Å²) in [5, 5.41) is 13.5. The number of unbranched alkanes of at least 4 members (excludes halogenated alkanes) is 1. The molecule has 5 nitrogen and oxygen atoms in total. The summed E-state index contributed by atoms with van der Waals surface area (Å²) in [4.78, 5) is 3.45. The van der Waals surface area contributed by atoms with Crippen molar-refractivity contribution in [1.29, 1.82) is 5.26 Å². The highest BCUT2D eigenvalue weighted by atomic mass is 16.5. The van der Waals surface area contributed by atoms with Crippen LogP contribution < -0.4 is 14.5 Å². The number of rotatable bonds is 6. The van der Waals surface area contributed by atoms with Crippen LogP contribution in [-0.2, 0) is 6.42 Å². The van der Waals surface area contributed by atoms with E-state index >= 15 is 0 Å². The number of nitrogens with one attached hydrogen (secondary N) is 2. The number of aromatic amines is 1. The second-order valence-electron chi connectivity index (χ2n) is 7.22. The van der Waals surface area contributed by atoms with E-state index in [2.05, 4.69) is 33.8 Å². The summed E-state index contributed by atoms with van der Waals surface area (Å²) in [7, 11) is 1.67. The van der Waals surface area contributed by atoms with Crippen LogP contribution in [0, 0.1) is 18.3 Å². The number of hydrogen-bond donors (Lipinski definition) is 2. The third kappa shape index (κ3) is 3.27. The van der Waals surface area contributed by atoms with E-state index in [-0.39, 0.29) is 0 Å². The first-order valence-electron chi connectivity index (χ1n) is 9.97. The van der Waals surface area contributed by atoms with Crippen molar-refractivity contribution in [2.45, 2.75) is 33.1 Å². The fraction of sp³-hybridized carbons (Fsp3) is 0.250. The van der Waals surface area contributed by atoms with Crippen LogP contribution in [-0.4, -0.2) is 12.1 Å². The lowest BCUT2D eigenvalue weighted by molar-refractivity contribution is -0.465. The summed E-state index contributed by atoms with van der Waals surface area (Å²) in [6, 6.07) is 18.5. The monoisotopic (exact) mass is 385 g/mol. The van der Waals surface area contributed by atoms with E-state index in [1.165, 1.54) is 5.56 Å². The fourth-order valence-corrected chi connectivity index (χ4v) is 3.86. The molecule has 4 rings (SSSR count). The van der Waals surface area contributed by atoms with Gasteiger partial charge in [-0.25, -0.2) is 0 Å². The standard InChI is InChI=1S/C24H24N4O/c1-4-5-8-19-16(2)20(15-25)24-27-21-9-6-7-10-22(21)28(24)23(19)26-17-11-13-18(29-3)14-12-17/h6-7,9-14H,4-5,8H2,1-3H3,(H,26,27)/p+1. The van der Waals surface area contributed by atoms with Crippen LogP contribution >= 0.6 is 0 Å². The normalized spacial score (nSPS) is 11.0. The van der Waals surface area contributed by atoms with Gasteiger partial charge < -0.3 is 4.74 Å². The molecule has 4 aromatic rings. The van der Waals surface area contributed by atoms with Gasteiger partial charge in [0.25, 0.3) is 0 Å². The zero-order chi connectivity index (χ0) is 20.4. The second kappa shape index (κ2) is 7.84. The fourth-order valence-electron chi connectivity index (χ4n) is 3.86. The molecule has 0 amide bonds. The number of imidazole rings is 1. The molecular weight excluding hydrogens is 360 g/mol. The van der Waals surface area contributed by atoms with Crippen molar-refractivity contribution in [3.05, 3.63) is 65.2 Å². The average Bonchev–Trinajstić information content (AvgIpc) is 3.13. The predicted molar refractivity (Wildman–Crippen MR) is 116 cm³/mol. The Morgan fingerprint density at radius 2 is 1.90 bits per heavy atom. The Morgan fingerprint density at radius 1 is 1.14 bits per heavy atom. The predicted octanol–water partition coefficient (Wildman–Crippen LogP) is 5.18. The number of nitrogens with zero attached hydrogens (tertiary/aromatic N) is 2. The van der Waals surface area contributed by atoms with E-state index in [1.807, 2.05) is 49.4 Å². The third-order valence-electron chi connectivity index (χ3n) is 5.44. The number of anilines is 2. The number of methoxy groups -OCH3 is 1. The first-order valence-corrected chi connectivity index (χ1v) is 9.97. The average molecular weight is 385 g/mol. The van der Waals surface area contributed by atoms with Crippen LogP contribution in [0.15, 0.2) is 48.5 Å². The highest BCUT2D eigenvalue weighted by molar-refractivity contribution is 5.78. The maximum Gasteiger partial charge on any atom is 0.250 e. The highest BCUT2D eigenvalue weighted by Gasteiger charge is 2.25. The smallest absolute Gasteiger partial charge is 0.250 e. The molecule has 0 saturated carbocycles. The number of fused-ring (bicyclic) bond motifs is 3. The molecule has 2 aromatic heterocycles. The van der Waals surface area contributed by atoms with Crippen LogP contribution in [0.1, 0.15) is 36.5 Å². The quantitative estimate of drug-likeness (QED) is 0.449. The van der Waals surface area contributed by atoms with Crippen molar-refractivity contribution in [1.82, 2.24) is 4.98 Å². The molecule has 0 spiro atoms. The Balaban J connectivity index is 2.01. The molecule has 2 heterocycles. The van der Waals surface area contributed by atoms with Gasteiger partial charge in [0.05, 0.1) is 12.8 Å². The zero-order valence-electron chi connectivity index (χ0n) is 17.0. The van der Waals surface area contributed by atoms with Gasteiger partial charge in [0, 0.05) is 5.56 Å². The van der Waals surface area contributed by atoms with Crippen molar-refractivity contribution in [2.24, 2.45) is 0 Å². The van der Waals surface area contributed by atoms with E-state index in [1.54, 1.807) is 7.11 Å². The van der Waals surface area contributed by atoms with Crippen LogP contribution in [0.2, 0.25) is 0 Å². The largest absolute Gasteiger partial charge is 0.497 e. The van der Waals surface area contributed by atoms with Crippen molar-refractivity contribution in [2.75, 3.05) is 12.4 Å². The molecule has 0 radical (unpaired) electrons. The Hall–Kier alpha value is -3.52. The molecule has 0 unspecified atom stereocenters. The van der Waals surface area contributed by atoms with Crippen LogP contribution in [0.25, 0.3) is 16.7 Å². The number of aromatic nitrogens is 2. The zero-order valence-corrected chi connectivity index (χ0v) is 17.0. The van der Waals surface area contributed by atoms with Gasteiger partial charge in [-0.2, -0.15) is 9.66 Å². The molecule has 0 bridgehead atoms. The minimum atomic E-state index is 0.701. The molecule has 0 aliphatic rings. The molecule has 2 aromatic carbocycles.